The van der Waals surface area contributed by atoms with Crippen LogP contribution in [0, 0.1) is 5.92 Å². The monoisotopic (exact) mass is 262 g/mol. The zero-order chi connectivity index (χ0) is 13.5. The molecule has 0 bridgehead atoms. The van der Waals surface area contributed by atoms with E-state index in [-0.39, 0.29) is 0 Å². The zero-order valence-electron chi connectivity index (χ0n) is 12.2. The van der Waals surface area contributed by atoms with Gasteiger partial charge < -0.3 is 15.0 Å². The first-order valence-electron chi connectivity index (χ1n) is 7.33. The number of para-hydroxylation sites is 1. The first-order valence-corrected chi connectivity index (χ1v) is 7.33. The highest BCUT2D eigenvalue weighted by Gasteiger charge is 2.18. The summed E-state index contributed by atoms with van der Waals surface area (Å²) >= 11 is 0. The molecule has 1 atom stereocenters. The number of rotatable bonds is 6. The normalized spacial score (nSPS) is 19.7. The molecular weight excluding hydrogens is 236 g/mol. The minimum absolute atomic E-state index is 0.767. The molecule has 0 saturated carbocycles. The third-order valence-electron chi connectivity index (χ3n) is 3.79. The van der Waals surface area contributed by atoms with Crippen molar-refractivity contribution >= 4 is 5.69 Å². The van der Waals surface area contributed by atoms with Crippen molar-refractivity contribution in [3.05, 3.63) is 29.8 Å². The van der Waals surface area contributed by atoms with Crippen LogP contribution in [0.5, 0.6) is 0 Å². The zero-order valence-corrected chi connectivity index (χ0v) is 12.2. The fraction of sp³-hybridized carbons (Fsp3) is 0.625. The Labute approximate surface area is 116 Å². The number of benzene rings is 1. The number of ether oxygens (including phenoxy) is 1. The molecule has 0 spiro atoms. The van der Waals surface area contributed by atoms with Crippen molar-refractivity contribution in [3.8, 4) is 0 Å². The molecule has 0 amide bonds. The summed E-state index contributed by atoms with van der Waals surface area (Å²) < 4.78 is 5.07. The summed E-state index contributed by atoms with van der Waals surface area (Å²) in [7, 11) is 1.74. The van der Waals surface area contributed by atoms with Gasteiger partial charge in [0.1, 0.15) is 0 Å². The number of anilines is 1. The summed E-state index contributed by atoms with van der Waals surface area (Å²) in [5, 5.41) is 3.44. The van der Waals surface area contributed by atoms with Crippen LogP contribution in [0.3, 0.4) is 0 Å². The summed E-state index contributed by atoms with van der Waals surface area (Å²) in [6.45, 7) is 7.33. The van der Waals surface area contributed by atoms with Crippen LogP contribution in [0.15, 0.2) is 24.3 Å². The molecule has 0 aromatic heterocycles. The Bertz CT molecular complexity index is 381. The molecule has 3 nitrogen and oxygen atoms in total. The van der Waals surface area contributed by atoms with E-state index < -0.39 is 0 Å². The Hall–Kier alpha value is -1.06. The van der Waals surface area contributed by atoms with E-state index in [1.807, 2.05) is 0 Å². The molecule has 1 aliphatic rings. The van der Waals surface area contributed by atoms with Crippen LogP contribution in [-0.2, 0) is 11.3 Å². The number of methoxy groups -OCH3 is 1. The molecule has 1 saturated heterocycles. The second-order valence-corrected chi connectivity index (χ2v) is 5.49. The van der Waals surface area contributed by atoms with E-state index in [0.29, 0.717) is 0 Å². The largest absolute Gasteiger partial charge is 0.383 e. The van der Waals surface area contributed by atoms with Crippen LogP contribution >= 0.6 is 0 Å². The molecule has 106 valence electrons. The van der Waals surface area contributed by atoms with Crippen LogP contribution in [0.2, 0.25) is 0 Å². The molecule has 0 radical (unpaired) electrons. The average Bonchev–Trinajstić information content (AvgIpc) is 2.44. The quantitative estimate of drug-likeness (QED) is 0.798. The molecule has 1 aromatic carbocycles. The van der Waals surface area contributed by atoms with E-state index in [4.69, 9.17) is 4.74 Å². The number of nitrogens with zero attached hydrogens (tertiary/aromatic N) is 1. The molecule has 1 fully saturated rings. The summed E-state index contributed by atoms with van der Waals surface area (Å²) in [4.78, 5) is 2.54. The van der Waals surface area contributed by atoms with E-state index in [9.17, 15) is 0 Å². The van der Waals surface area contributed by atoms with Gasteiger partial charge >= 0.3 is 0 Å². The Morgan fingerprint density at radius 1 is 1.37 bits per heavy atom. The van der Waals surface area contributed by atoms with Crippen molar-refractivity contribution < 1.29 is 4.74 Å². The lowest BCUT2D eigenvalue weighted by molar-refractivity contribution is 0.199. The minimum atomic E-state index is 0.767. The van der Waals surface area contributed by atoms with Crippen molar-refractivity contribution in [2.24, 2.45) is 5.92 Å². The van der Waals surface area contributed by atoms with Crippen molar-refractivity contribution in [2.75, 3.05) is 38.3 Å². The maximum Gasteiger partial charge on any atom is 0.0587 e. The lowest BCUT2D eigenvalue weighted by Gasteiger charge is -2.34. The smallest absolute Gasteiger partial charge is 0.0587 e. The summed E-state index contributed by atoms with van der Waals surface area (Å²) in [6, 6.07) is 8.76. The van der Waals surface area contributed by atoms with E-state index in [1.165, 1.54) is 37.2 Å². The van der Waals surface area contributed by atoms with Crippen molar-refractivity contribution in [1.29, 1.82) is 0 Å². The van der Waals surface area contributed by atoms with Gasteiger partial charge in [-0.1, -0.05) is 25.1 Å². The minimum Gasteiger partial charge on any atom is -0.383 e. The molecule has 1 N–H and O–H groups in total. The average molecular weight is 262 g/mol. The maximum atomic E-state index is 5.07. The lowest BCUT2D eigenvalue weighted by Crippen LogP contribution is -2.35. The van der Waals surface area contributed by atoms with Crippen LogP contribution in [0.1, 0.15) is 25.3 Å². The Morgan fingerprint density at radius 2 is 2.21 bits per heavy atom. The van der Waals surface area contributed by atoms with E-state index in [2.05, 4.69) is 41.4 Å². The van der Waals surface area contributed by atoms with Gasteiger partial charge in [0.25, 0.3) is 0 Å². The highest BCUT2D eigenvalue weighted by atomic mass is 16.5. The fourth-order valence-corrected chi connectivity index (χ4v) is 2.77. The topological polar surface area (TPSA) is 24.5 Å². The van der Waals surface area contributed by atoms with E-state index in [0.717, 1.165) is 25.6 Å². The van der Waals surface area contributed by atoms with Gasteiger partial charge in [-0.2, -0.15) is 0 Å². The highest BCUT2D eigenvalue weighted by molar-refractivity contribution is 5.54. The number of hydrogen-bond donors (Lipinski definition) is 1. The molecule has 19 heavy (non-hydrogen) atoms. The predicted molar refractivity (Wildman–Crippen MR) is 80.6 cm³/mol. The Morgan fingerprint density at radius 3 is 3.00 bits per heavy atom. The molecule has 1 unspecified atom stereocenters. The van der Waals surface area contributed by atoms with Crippen LogP contribution in [0.4, 0.5) is 5.69 Å². The maximum absolute atomic E-state index is 5.07. The third-order valence-corrected chi connectivity index (χ3v) is 3.79. The molecule has 2 rings (SSSR count). The molecule has 1 heterocycles. The van der Waals surface area contributed by atoms with Gasteiger partial charge in [-0.3, -0.25) is 0 Å². The highest BCUT2D eigenvalue weighted by Crippen LogP contribution is 2.26. The van der Waals surface area contributed by atoms with Gasteiger partial charge in [-0.25, -0.2) is 0 Å². The van der Waals surface area contributed by atoms with Gasteiger partial charge in [0.15, 0.2) is 0 Å². The Balaban J connectivity index is 1.99. The summed E-state index contributed by atoms with van der Waals surface area (Å²) in [5.74, 6) is 0.809. The summed E-state index contributed by atoms with van der Waals surface area (Å²) in [5.41, 5.74) is 2.80. The van der Waals surface area contributed by atoms with Gasteiger partial charge in [-0.05, 0) is 30.4 Å². The molecule has 1 aromatic rings. The second-order valence-electron chi connectivity index (χ2n) is 5.49. The van der Waals surface area contributed by atoms with E-state index in [1.54, 1.807) is 7.11 Å². The third kappa shape index (κ3) is 4.22. The standard InChI is InChI=1S/C16H26N2O/c1-14-6-5-10-18(13-14)16-8-4-3-7-15(16)12-17-9-11-19-2/h3-4,7-8,14,17H,5-6,9-13H2,1-2H3. The molecule has 0 aliphatic carbocycles. The lowest BCUT2D eigenvalue weighted by atomic mass is 9.99. The predicted octanol–water partition coefficient (Wildman–Crippen LogP) is 2.66. The first kappa shape index (κ1) is 14.4. The van der Waals surface area contributed by atoms with Crippen molar-refractivity contribution in [3.63, 3.8) is 0 Å². The first-order chi connectivity index (χ1) is 9.31. The molecule has 3 heteroatoms. The van der Waals surface area contributed by atoms with Gasteiger partial charge in [0, 0.05) is 39.0 Å². The van der Waals surface area contributed by atoms with Crippen molar-refractivity contribution in [2.45, 2.75) is 26.3 Å². The van der Waals surface area contributed by atoms with Gasteiger partial charge in [0.2, 0.25) is 0 Å². The SMILES string of the molecule is COCCNCc1ccccc1N1CCCC(C)C1. The fourth-order valence-electron chi connectivity index (χ4n) is 2.77. The van der Waals surface area contributed by atoms with Crippen molar-refractivity contribution in [1.82, 2.24) is 5.32 Å². The number of hydrogen-bond acceptors (Lipinski definition) is 3. The van der Waals surface area contributed by atoms with E-state index >= 15 is 0 Å². The van der Waals surface area contributed by atoms with Crippen LogP contribution < -0.4 is 10.2 Å². The molecular formula is C16H26N2O. The number of piperidine rings is 1. The summed E-state index contributed by atoms with van der Waals surface area (Å²) in [6.07, 6.45) is 2.68. The van der Waals surface area contributed by atoms with Crippen LogP contribution in [-0.4, -0.2) is 33.4 Å². The van der Waals surface area contributed by atoms with Crippen LogP contribution in [0.25, 0.3) is 0 Å². The second kappa shape index (κ2) is 7.51. The number of nitrogens with one attached hydrogen (secondary N) is 1. The van der Waals surface area contributed by atoms with Gasteiger partial charge in [0.05, 0.1) is 6.61 Å². The van der Waals surface area contributed by atoms with Gasteiger partial charge in [-0.15, -0.1) is 0 Å². The molecule has 1 aliphatic heterocycles. The Kier molecular flexibility index (Phi) is 5.67.